The standard InChI is InChI=1S/C50H31NO3S.C42H26N2O.C41H25N3O/c52-55(53,39-16-5-2-6-17-39)40-24-26-47-44(31-40)43-27-36(23-25-46(43)51(47)38-14-3-1-4-15-38)32-19-21-33(22-20-32)42-29-37-13-9-10-18-41(37)49-45-28-34-11-7-8-12-35(34)30-48(45)54-50(42)49;1-3-11-27(12-4-1)38-23-33(24-39(44-38)28-13-5-2-6-14-28)32-19-20-37(43-26-32)35-22-31-17-9-10-18-34(31)41-36-21-29-15-7-8-16-30(29)25-40(36)45-42(35)41;1-2-8-27-22-39-37(20-26(27)7-1)40-35-12-4-3-9-28(35)21-36(41(40)45-39)38-14-13-31(25-44-38)34-18-32(29-10-5-15-42-23-29)17-33(19-34)30-11-6-16-43-24-30/h1-31H;1-26H;1-25H. The van der Waals surface area contributed by atoms with E-state index in [1.807, 2.05) is 110 Å². The molecule has 9 aromatic heterocycles. The van der Waals surface area contributed by atoms with Crippen molar-refractivity contribution < 1.29 is 21.7 Å². The maximum Gasteiger partial charge on any atom is 0.206 e. The summed E-state index contributed by atoms with van der Waals surface area (Å²) >= 11 is 0. The lowest BCUT2D eigenvalue weighted by atomic mass is 9.94. The van der Waals surface area contributed by atoms with Crippen LogP contribution in [0.25, 0.3) is 270 Å². The number of para-hydroxylation sites is 1. The predicted molar refractivity (Wildman–Crippen MR) is 596 cm³/mol. The van der Waals surface area contributed by atoms with Crippen molar-refractivity contribution in [2.24, 2.45) is 0 Å². The van der Waals surface area contributed by atoms with Gasteiger partial charge in [-0.1, -0.05) is 297 Å². The number of sulfone groups is 1. The summed E-state index contributed by atoms with van der Waals surface area (Å²) in [5, 5.41) is 22.7. The fourth-order valence-corrected chi connectivity index (χ4v) is 22.5. The van der Waals surface area contributed by atoms with Crippen molar-refractivity contribution in [3.05, 3.63) is 498 Å². The van der Waals surface area contributed by atoms with E-state index in [0.717, 1.165) is 227 Å². The van der Waals surface area contributed by atoms with Gasteiger partial charge in [0.15, 0.2) is 0 Å². The van der Waals surface area contributed by atoms with Gasteiger partial charge in [0.1, 0.15) is 33.5 Å². The van der Waals surface area contributed by atoms with Crippen molar-refractivity contribution >= 4 is 162 Å². The molecule has 29 aromatic rings. The fourth-order valence-electron chi connectivity index (χ4n) is 21.2. The second kappa shape index (κ2) is 35.3. The van der Waals surface area contributed by atoms with Crippen molar-refractivity contribution in [2.45, 2.75) is 9.79 Å². The van der Waals surface area contributed by atoms with Crippen molar-refractivity contribution in [1.29, 1.82) is 0 Å². The number of nitrogens with zero attached hydrogens (tertiary/aromatic N) is 6. The molecule has 0 N–H and O–H groups in total. The van der Waals surface area contributed by atoms with Gasteiger partial charge in [0.2, 0.25) is 9.84 Å². The van der Waals surface area contributed by atoms with E-state index >= 15 is 0 Å². The average molecular weight is 1880 g/mol. The van der Waals surface area contributed by atoms with Gasteiger partial charge >= 0.3 is 0 Å². The molecule has 0 saturated carbocycles. The summed E-state index contributed by atoms with van der Waals surface area (Å²) in [4.78, 5) is 24.4. The first kappa shape index (κ1) is 85.1. The van der Waals surface area contributed by atoms with Crippen LogP contribution in [0, 0.1) is 0 Å². The van der Waals surface area contributed by atoms with Crippen molar-refractivity contribution in [1.82, 2.24) is 29.5 Å². The molecule has 0 saturated heterocycles. The Morgan fingerprint density at radius 2 is 0.552 bits per heavy atom. The normalized spacial score (nSPS) is 11.8. The largest absolute Gasteiger partial charge is 0.455 e. The average Bonchev–Trinajstić information content (AvgIpc) is 1.59. The van der Waals surface area contributed by atoms with Gasteiger partial charge in [0, 0.05) is 136 Å². The highest BCUT2D eigenvalue weighted by Gasteiger charge is 2.26. The highest BCUT2D eigenvalue weighted by atomic mass is 32.2. The smallest absolute Gasteiger partial charge is 0.206 e. The van der Waals surface area contributed by atoms with E-state index in [1.165, 1.54) is 43.1 Å². The van der Waals surface area contributed by atoms with Crippen LogP contribution in [0.15, 0.2) is 521 Å². The van der Waals surface area contributed by atoms with Crippen LogP contribution in [-0.2, 0) is 9.84 Å². The Bertz CT molecular complexity index is 9840. The van der Waals surface area contributed by atoms with Gasteiger partial charge in [-0.3, -0.25) is 19.9 Å². The summed E-state index contributed by atoms with van der Waals surface area (Å²) < 4.78 is 49.8. The molecule has 20 aromatic carbocycles. The second-order valence-corrected chi connectivity index (χ2v) is 38.9. The minimum Gasteiger partial charge on any atom is -0.455 e. The van der Waals surface area contributed by atoms with Crippen molar-refractivity contribution in [3.8, 4) is 117 Å². The quantitative estimate of drug-likeness (QED) is 0.109. The Morgan fingerprint density at radius 1 is 0.207 bits per heavy atom. The third-order valence-electron chi connectivity index (χ3n) is 28.3. The van der Waals surface area contributed by atoms with Crippen LogP contribution in [-0.4, -0.2) is 37.9 Å². The van der Waals surface area contributed by atoms with Crippen molar-refractivity contribution in [3.63, 3.8) is 0 Å². The van der Waals surface area contributed by atoms with Gasteiger partial charge in [0.25, 0.3) is 0 Å². The molecule has 0 bridgehead atoms. The van der Waals surface area contributed by atoms with E-state index < -0.39 is 9.84 Å². The van der Waals surface area contributed by atoms with Crippen LogP contribution in [0.3, 0.4) is 0 Å². The first-order valence-electron chi connectivity index (χ1n) is 48.5. The van der Waals surface area contributed by atoms with Crippen LogP contribution in [0.4, 0.5) is 0 Å². The topological polar surface area (TPSA) is 143 Å². The SMILES string of the molecule is O=S(=O)(c1ccccc1)c1ccc2c(c1)c1cc(-c3ccc(-c4cc5ccccc5c5c4oc4cc6ccccc6cc45)cc3)ccc1n2-c1ccccc1.c1ccc(-c2cc(-c3ccc(-c4cc5ccccc5c5c4oc4cc6ccccc6cc45)nc3)cc(-c3ccccc3)n2)cc1.c1cncc(-c2cc(-c3cccnc3)cc(-c3ccc(-c4cc5ccccc5c5c4oc4cc6ccccc6cc45)nc3)c2)c1. The molecular formula is C133H82N6O5S. The van der Waals surface area contributed by atoms with Crippen molar-refractivity contribution in [2.75, 3.05) is 0 Å². The Hall–Kier alpha value is -19.1. The lowest BCUT2D eigenvalue weighted by Gasteiger charge is -2.11. The minimum atomic E-state index is -3.71. The summed E-state index contributed by atoms with van der Waals surface area (Å²) in [6.45, 7) is 0. The first-order chi connectivity index (χ1) is 71.6. The number of furan rings is 3. The summed E-state index contributed by atoms with van der Waals surface area (Å²) in [5.41, 5.74) is 28.7. The Labute approximate surface area is 832 Å². The van der Waals surface area contributed by atoms with Gasteiger partial charge in [-0.05, 0) is 267 Å². The lowest BCUT2D eigenvalue weighted by molar-refractivity contribution is 0.596. The molecule has 0 aliphatic rings. The molecule has 0 atom stereocenters. The molecule has 0 amide bonds. The number of aromatic nitrogens is 6. The van der Waals surface area contributed by atoms with E-state index in [4.69, 9.17) is 28.2 Å². The monoisotopic (exact) mass is 1870 g/mol. The lowest BCUT2D eigenvalue weighted by Crippen LogP contribution is -2.01. The number of fused-ring (bicyclic) bond motifs is 21. The summed E-state index contributed by atoms with van der Waals surface area (Å²) in [7, 11) is -3.71. The molecule has 0 aliphatic carbocycles. The molecule has 0 unspecified atom stereocenters. The van der Waals surface area contributed by atoms with Crippen LogP contribution in [0.2, 0.25) is 0 Å². The molecule has 0 spiro atoms. The summed E-state index contributed by atoms with van der Waals surface area (Å²) in [6, 6.07) is 158. The summed E-state index contributed by atoms with van der Waals surface area (Å²) in [5.74, 6) is 0. The fraction of sp³-hybridized carbons (Fsp3) is 0. The van der Waals surface area contributed by atoms with Crippen LogP contribution in [0.1, 0.15) is 0 Å². The second-order valence-electron chi connectivity index (χ2n) is 36.9. The molecule has 680 valence electrons. The Kier molecular flexibility index (Phi) is 20.7. The van der Waals surface area contributed by atoms with Gasteiger partial charge in [-0.25, -0.2) is 13.4 Å². The third-order valence-corrected chi connectivity index (χ3v) is 30.0. The molecule has 9 heterocycles. The van der Waals surface area contributed by atoms with Crippen LogP contribution < -0.4 is 0 Å². The number of pyridine rings is 5. The van der Waals surface area contributed by atoms with E-state index in [2.05, 4.69) is 360 Å². The van der Waals surface area contributed by atoms with Crippen LogP contribution >= 0.6 is 0 Å². The maximum atomic E-state index is 13.8. The molecule has 12 heteroatoms. The number of hydrogen-bond donors (Lipinski definition) is 0. The number of benzene rings is 20. The number of rotatable bonds is 13. The molecule has 0 fully saturated rings. The molecular weight excluding hydrogens is 1790 g/mol. The van der Waals surface area contributed by atoms with Gasteiger partial charge in [-0.2, -0.15) is 0 Å². The molecule has 11 nitrogen and oxygen atoms in total. The Morgan fingerprint density at radius 3 is 0.979 bits per heavy atom. The van der Waals surface area contributed by atoms with Crippen LogP contribution in [0.5, 0.6) is 0 Å². The van der Waals surface area contributed by atoms with E-state index in [9.17, 15) is 8.42 Å². The highest BCUT2D eigenvalue weighted by Crippen LogP contribution is 2.49. The zero-order valence-corrected chi connectivity index (χ0v) is 78.8. The predicted octanol–water partition coefficient (Wildman–Crippen LogP) is 35.3. The van der Waals surface area contributed by atoms with Gasteiger partial charge in [-0.15, -0.1) is 0 Å². The molecule has 0 radical (unpaired) electrons. The summed E-state index contributed by atoms with van der Waals surface area (Å²) in [6.07, 6.45) is 11.3. The molecule has 145 heavy (non-hydrogen) atoms. The van der Waals surface area contributed by atoms with Gasteiger partial charge < -0.3 is 17.8 Å². The minimum absolute atomic E-state index is 0.272. The van der Waals surface area contributed by atoms with Gasteiger partial charge in [0.05, 0.1) is 43.6 Å². The highest BCUT2D eigenvalue weighted by molar-refractivity contribution is 7.91. The van der Waals surface area contributed by atoms with E-state index in [-0.39, 0.29) is 9.79 Å². The maximum absolute atomic E-state index is 13.8. The molecule has 0 aliphatic heterocycles. The number of hydrogen-bond acceptors (Lipinski definition) is 10. The first-order valence-corrected chi connectivity index (χ1v) is 49.9. The van der Waals surface area contributed by atoms with E-state index in [1.54, 1.807) is 42.7 Å². The zero-order chi connectivity index (χ0) is 96.2. The third kappa shape index (κ3) is 15.3. The molecule has 29 rings (SSSR count). The Balaban J connectivity index is 0.000000109. The van der Waals surface area contributed by atoms with E-state index in [0.29, 0.717) is 0 Å². The zero-order valence-electron chi connectivity index (χ0n) is 78.0.